The zero-order chi connectivity index (χ0) is 15.7. The molecule has 0 amide bonds. The fourth-order valence-corrected chi connectivity index (χ4v) is 2.21. The Morgan fingerprint density at radius 2 is 2.19 bits per heavy atom. The number of nitrogen functional groups attached to an aromatic ring is 1. The molecule has 0 saturated heterocycles. The number of hydrogen-bond donors (Lipinski definition) is 2. The van der Waals surface area contributed by atoms with E-state index in [9.17, 15) is 0 Å². The van der Waals surface area contributed by atoms with Gasteiger partial charge in [0.15, 0.2) is 11.6 Å². The predicted octanol–water partition coefficient (Wildman–Crippen LogP) is 3.64. The molecule has 0 aliphatic carbocycles. The minimum Gasteiger partial charge on any atom is -0.491 e. The predicted molar refractivity (Wildman–Crippen MR) is 88.5 cm³/mol. The first-order chi connectivity index (χ1) is 10.1. The van der Waals surface area contributed by atoms with E-state index in [2.05, 4.69) is 42.1 Å². The molecule has 5 heteroatoms. The van der Waals surface area contributed by atoms with Crippen LogP contribution in [-0.4, -0.2) is 23.6 Å². The van der Waals surface area contributed by atoms with Crippen molar-refractivity contribution in [1.82, 2.24) is 9.97 Å². The Bertz CT molecular complexity index is 458. The van der Waals surface area contributed by atoms with Crippen LogP contribution >= 0.6 is 0 Å². The summed E-state index contributed by atoms with van der Waals surface area (Å²) in [6.45, 7) is 7.56. The molecule has 0 aliphatic heterocycles. The van der Waals surface area contributed by atoms with Crippen molar-refractivity contribution >= 4 is 11.8 Å². The molecule has 0 atom stereocenters. The van der Waals surface area contributed by atoms with Crippen molar-refractivity contribution < 1.29 is 4.74 Å². The van der Waals surface area contributed by atoms with E-state index in [0.29, 0.717) is 17.5 Å². The first-order valence-corrected chi connectivity index (χ1v) is 7.67. The number of hydrogen-bond acceptors (Lipinski definition) is 5. The van der Waals surface area contributed by atoms with Crippen LogP contribution in [0.3, 0.4) is 0 Å². The van der Waals surface area contributed by atoms with Gasteiger partial charge < -0.3 is 15.8 Å². The minimum atomic E-state index is 0.256. The van der Waals surface area contributed by atoms with Crippen LogP contribution in [0, 0.1) is 5.92 Å². The van der Waals surface area contributed by atoms with Gasteiger partial charge in [-0.1, -0.05) is 32.4 Å². The van der Waals surface area contributed by atoms with Gasteiger partial charge in [-0.25, -0.2) is 4.98 Å². The van der Waals surface area contributed by atoms with Crippen LogP contribution < -0.4 is 15.8 Å². The summed E-state index contributed by atoms with van der Waals surface area (Å²) in [6.07, 6.45) is 8.47. The molecule has 5 nitrogen and oxygen atoms in total. The molecule has 118 valence electrons. The van der Waals surface area contributed by atoms with Gasteiger partial charge in [0.05, 0.1) is 13.3 Å². The third-order valence-corrected chi connectivity index (χ3v) is 3.39. The third kappa shape index (κ3) is 6.02. The summed E-state index contributed by atoms with van der Waals surface area (Å²) in [7, 11) is 1.60. The van der Waals surface area contributed by atoms with E-state index < -0.39 is 0 Å². The number of anilines is 2. The summed E-state index contributed by atoms with van der Waals surface area (Å²) >= 11 is 0. The van der Waals surface area contributed by atoms with Crippen molar-refractivity contribution in [3.8, 4) is 5.75 Å². The summed E-state index contributed by atoms with van der Waals surface area (Å²) in [4.78, 5) is 8.07. The number of aromatic nitrogens is 2. The van der Waals surface area contributed by atoms with Crippen molar-refractivity contribution in [1.29, 1.82) is 0 Å². The molecule has 1 aromatic rings. The summed E-state index contributed by atoms with van der Waals surface area (Å²) < 4.78 is 5.21. The quantitative estimate of drug-likeness (QED) is 0.537. The van der Waals surface area contributed by atoms with Gasteiger partial charge in [0.1, 0.15) is 0 Å². The van der Waals surface area contributed by atoms with Crippen molar-refractivity contribution in [3.05, 3.63) is 17.8 Å². The lowest BCUT2D eigenvalue weighted by Crippen LogP contribution is -2.08. The van der Waals surface area contributed by atoms with E-state index in [1.165, 1.54) is 6.42 Å². The Labute approximate surface area is 128 Å². The summed E-state index contributed by atoms with van der Waals surface area (Å²) in [6, 6.07) is 0. The normalized spacial score (nSPS) is 11.8. The van der Waals surface area contributed by atoms with Gasteiger partial charge in [-0.3, -0.25) is 0 Å². The molecule has 0 bridgehead atoms. The van der Waals surface area contributed by atoms with Crippen molar-refractivity contribution in [2.75, 3.05) is 24.7 Å². The zero-order valence-electron chi connectivity index (χ0n) is 13.6. The second kappa shape index (κ2) is 9.21. The molecule has 1 aromatic heterocycles. The van der Waals surface area contributed by atoms with Gasteiger partial charge in [0.25, 0.3) is 0 Å². The average molecular weight is 292 g/mol. The smallest absolute Gasteiger partial charge is 0.222 e. The zero-order valence-corrected chi connectivity index (χ0v) is 13.6. The maximum Gasteiger partial charge on any atom is 0.222 e. The Morgan fingerprint density at radius 1 is 1.43 bits per heavy atom. The number of rotatable bonds is 9. The first-order valence-electron chi connectivity index (χ1n) is 7.67. The molecular formula is C16H28N4O. The van der Waals surface area contributed by atoms with E-state index in [0.717, 1.165) is 25.8 Å². The van der Waals surface area contributed by atoms with Crippen LogP contribution in [0.4, 0.5) is 11.8 Å². The lowest BCUT2D eigenvalue weighted by Gasteiger charge is -2.12. The van der Waals surface area contributed by atoms with E-state index in [-0.39, 0.29) is 5.95 Å². The molecular weight excluding hydrogens is 264 g/mol. The number of methoxy groups -OCH3 is 1. The SMILES string of the molecule is CC/C=C(\CCCCNc1nc(N)ncc1OC)C(C)C. The Kier molecular flexibility index (Phi) is 7.58. The third-order valence-electron chi connectivity index (χ3n) is 3.39. The standard InChI is InChI=1S/C16H28N4O/c1-5-8-13(12(2)3)9-6-7-10-18-15-14(21-4)11-19-16(17)20-15/h8,11-12H,5-7,9-10H2,1-4H3,(H3,17,18,19,20)/b13-8+. The number of nitrogens with one attached hydrogen (secondary N) is 1. The molecule has 1 heterocycles. The maximum absolute atomic E-state index is 5.59. The Morgan fingerprint density at radius 3 is 2.81 bits per heavy atom. The molecule has 1 rings (SSSR count). The van der Waals surface area contributed by atoms with E-state index >= 15 is 0 Å². The molecule has 0 saturated carbocycles. The van der Waals surface area contributed by atoms with Crippen LogP contribution in [0.1, 0.15) is 46.5 Å². The largest absolute Gasteiger partial charge is 0.491 e. The number of allylic oxidation sites excluding steroid dienone is 2. The van der Waals surface area contributed by atoms with Crippen molar-refractivity contribution in [2.24, 2.45) is 5.92 Å². The highest BCUT2D eigenvalue weighted by Crippen LogP contribution is 2.21. The van der Waals surface area contributed by atoms with E-state index in [1.807, 2.05) is 0 Å². The summed E-state index contributed by atoms with van der Waals surface area (Å²) in [5.41, 5.74) is 7.15. The molecule has 0 fully saturated rings. The van der Waals surface area contributed by atoms with Gasteiger partial charge in [0, 0.05) is 6.54 Å². The van der Waals surface area contributed by atoms with Gasteiger partial charge in [-0.2, -0.15) is 4.98 Å². The fraction of sp³-hybridized carbons (Fsp3) is 0.625. The first kappa shape index (κ1) is 17.3. The number of ether oxygens (including phenoxy) is 1. The molecule has 3 N–H and O–H groups in total. The van der Waals surface area contributed by atoms with Crippen LogP contribution in [0.25, 0.3) is 0 Å². The molecule has 0 aliphatic rings. The van der Waals surface area contributed by atoms with Crippen LogP contribution in [0.5, 0.6) is 5.75 Å². The highest BCUT2D eigenvalue weighted by atomic mass is 16.5. The van der Waals surface area contributed by atoms with Crippen LogP contribution in [0.2, 0.25) is 0 Å². The Hall–Kier alpha value is -1.78. The van der Waals surface area contributed by atoms with E-state index in [4.69, 9.17) is 10.5 Å². The molecule has 0 radical (unpaired) electrons. The second-order valence-corrected chi connectivity index (χ2v) is 5.37. The monoisotopic (exact) mass is 292 g/mol. The van der Waals surface area contributed by atoms with Crippen molar-refractivity contribution in [2.45, 2.75) is 46.5 Å². The fourth-order valence-electron chi connectivity index (χ4n) is 2.21. The van der Waals surface area contributed by atoms with Crippen LogP contribution in [-0.2, 0) is 0 Å². The molecule has 0 unspecified atom stereocenters. The topological polar surface area (TPSA) is 73.1 Å². The van der Waals surface area contributed by atoms with Crippen LogP contribution in [0.15, 0.2) is 17.8 Å². The second-order valence-electron chi connectivity index (χ2n) is 5.37. The van der Waals surface area contributed by atoms with Gasteiger partial charge in [-0.15, -0.1) is 0 Å². The van der Waals surface area contributed by atoms with Crippen molar-refractivity contribution in [3.63, 3.8) is 0 Å². The lowest BCUT2D eigenvalue weighted by molar-refractivity contribution is 0.413. The van der Waals surface area contributed by atoms with E-state index in [1.54, 1.807) is 18.9 Å². The molecule has 0 spiro atoms. The molecule has 21 heavy (non-hydrogen) atoms. The average Bonchev–Trinajstić information content (AvgIpc) is 2.45. The number of nitrogens with two attached hydrogens (primary N) is 1. The van der Waals surface area contributed by atoms with Gasteiger partial charge >= 0.3 is 0 Å². The Balaban J connectivity index is 2.38. The highest BCUT2D eigenvalue weighted by Gasteiger charge is 2.06. The summed E-state index contributed by atoms with van der Waals surface area (Å²) in [5, 5.41) is 3.26. The number of nitrogens with zero attached hydrogens (tertiary/aromatic N) is 2. The molecule has 0 aromatic carbocycles. The lowest BCUT2D eigenvalue weighted by atomic mass is 9.96. The van der Waals surface area contributed by atoms with Gasteiger partial charge in [0.2, 0.25) is 5.95 Å². The number of unbranched alkanes of at least 4 members (excludes halogenated alkanes) is 1. The highest BCUT2D eigenvalue weighted by molar-refractivity contribution is 5.50. The van der Waals surface area contributed by atoms with Gasteiger partial charge in [-0.05, 0) is 31.6 Å². The maximum atomic E-state index is 5.59. The summed E-state index contributed by atoms with van der Waals surface area (Å²) in [5.74, 6) is 2.18. The minimum absolute atomic E-state index is 0.256.